The molecule has 0 radical (unpaired) electrons. The van der Waals surface area contributed by atoms with Gasteiger partial charge >= 0.3 is 24.3 Å². The highest BCUT2D eigenvalue weighted by molar-refractivity contribution is 5.78. The molecule has 2 amide bonds. The summed E-state index contributed by atoms with van der Waals surface area (Å²) in [6, 6.07) is 0. The largest absolute Gasteiger partial charge is 0.490 e. The van der Waals surface area contributed by atoms with Gasteiger partial charge in [-0.1, -0.05) is 11.8 Å². The van der Waals surface area contributed by atoms with Crippen LogP contribution < -0.4 is 11.1 Å². The van der Waals surface area contributed by atoms with E-state index in [9.17, 15) is 35.9 Å². The number of carbonyl (C=O) groups excluding carboxylic acids is 2. The summed E-state index contributed by atoms with van der Waals surface area (Å²) >= 11 is 0. The van der Waals surface area contributed by atoms with Crippen LogP contribution in [-0.4, -0.2) is 102 Å². The van der Waals surface area contributed by atoms with E-state index in [4.69, 9.17) is 25.5 Å². The lowest BCUT2D eigenvalue weighted by molar-refractivity contribution is -0.193. The van der Waals surface area contributed by atoms with Crippen molar-refractivity contribution in [3.8, 4) is 11.8 Å². The van der Waals surface area contributed by atoms with Crippen LogP contribution in [0, 0.1) is 11.8 Å². The smallest absolute Gasteiger partial charge is 0.475 e. The molecule has 0 atom stereocenters. The van der Waals surface area contributed by atoms with Gasteiger partial charge in [0.1, 0.15) is 0 Å². The number of nitrogens with one attached hydrogen (secondary N) is 1. The first kappa shape index (κ1) is 34.1. The molecule has 1 rings (SSSR count). The quantitative estimate of drug-likeness (QED) is 0.216. The number of alkyl halides is 6. The molecule has 1 saturated heterocycles. The summed E-state index contributed by atoms with van der Waals surface area (Å²) in [6.45, 7) is 4.00. The van der Waals surface area contributed by atoms with E-state index in [0.29, 0.717) is 25.9 Å². The number of carbonyl (C=O) groups is 4. The molecule has 1 fully saturated rings. The third-order valence-electron chi connectivity index (χ3n) is 3.93. The van der Waals surface area contributed by atoms with E-state index in [0.717, 1.165) is 19.6 Å². The Hall–Kier alpha value is -3.06. The molecule has 0 aliphatic carbocycles. The second-order valence-electron chi connectivity index (χ2n) is 6.85. The number of nitrogens with two attached hydrogens (primary N) is 1. The first-order valence-electron chi connectivity index (χ1n) is 10.0. The standard InChI is InChI=1S/C15H26N4O2.2C2HF3O2/c1-18(9-2-3-10-19-11-4-5-12-19)15(21)7-6-8-17-14(20)13-16;2*3-2(4,5)1(6)7/h4-13,16H2,1H3,(H,17,20);2*(H,6,7). The first-order chi connectivity index (χ1) is 16.0. The third kappa shape index (κ3) is 20.1. The van der Waals surface area contributed by atoms with Gasteiger partial charge in [-0.2, -0.15) is 26.3 Å². The van der Waals surface area contributed by atoms with Crippen LogP contribution in [-0.2, 0) is 19.2 Å². The molecule has 0 spiro atoms. The van der Waals surface area contributed by atoms with Gasteiger partial charge in [-0.15, -0.1) is 0 Å². The maximum Gasteiger partial charge on any atom is 0.490 e. The molecule has 0 saturated carbocycles. The second kappa shape index (κ2) is 17.4. The number of rotatable bonds is 7. The van der Waals surface area contributed by atoms with Crippen molar-refractivity contribution in [1.82, 2.24) is 15.1 Å². The summed E-state index contributed by atoms with van der Waals surface area (Å²) in [7, 11) is 1.76. The van der Waals surface area contributed by atoms with Crippen LogP contribution in [0.4, 0.5) is 26.3 Å². The van der Waals surface area contributed by atoms with E-state index < -0.39 is 24.3 Å². The lowest BCUT2D eigenvalue weighted by Crippen LogP contribution is -2.32. The van der Waals surface area contributed by atoms with Crippen molar-refractivity contribution in [2.75, 3.05) is 46.3 Å². The number of carboxylic acid groups (broad SMARTS) is 2. The maximum atomic E-state index is 11.8. The average Bonchev–Trinajstić information content (AvgIpc) is 3.26. The molecule has 0 aromatic rings. The average molecular weight is 522 g/mol. The fourth-order valence-corrected chi connectivity index (χ4v) is 2.10. The fraction of sp³-hybridized carbons (Fsp3) is 0.684. The van der Waals surface area contributed by atoms with Crippen LogP contribution >= 0.6 is 0 Å². The number of halogens is 6. The van der Waals surface area contributed by atoms with Gasteiger partial charge in [-0.3, -0.25) is 14.5 Å². The van der Waals surface area contributed by atoms with Crippen molar-refractivity contribution in [2.45, 2.75) is 38.0 Å². The van der Waals surface area contributed by atoms with Gasteiger partial charge in [-0.25, -0.2) is 9.59 Å². The van der Waals surface area contributed by atoms with E-state index in [1.54, 1.807) is 11.9 Å². The molecule has 1 aliphatic heterocycles. The number of carboxylic acids is 2. The third-order valence-corrected chi connectivity index (χ3v) is 3.93. The highest BCUT2D eigenvalue weighted by Crippen LogP contribution is 2.13. The molecular weight excluding hydrogens is 494 g/mol. The monoisotopic (exact) mass is 522 g/mol. The molecule has 0 bridgehead atoms. The van der Waals surface area contributed by atoms with Crippen LogP contribution in [0.2, 0.25) is 0 Å². The lowest BCUT2D eigenvalue weighted by Gasteiger charge is -2.14. The molecule has 1 heterocycles. The molecule has 0 aromatic heterocycles. The van der Waals surface area contributed by atoms with E-state index in [2.05, 4.69) is 22.1 Å². The van der Waals surface area contributed by atoms with Crippen LogP contribution in [0.25, 0.3) is 0 Å². The zero-order chi connectivity index (χ0) is 27.7. The van der Waals surface area contributed by atoms with Crippen LogP contribution in [0.1, 0.15) is 25.7 Å². The molecule has 1 aliphatic rings. The summed E-state index contributed by atoms with van der Waals surface area (Å²) in [5, 5.41) is 16.9. The van der Waals surface area contributed by atoms with Gasteiger partial charge in [0.25, 0.3) is 0 Å². The van der Waals surface area contributed by atoms with Crippen molar-refractivity contribution < 1.29 is 55.7 Å². The van der Waals surface area contributed by atoms with Gasteiger partial charge in [0.15, 0.2) is 0 Å². The Labute approximate surface area is 197 Å². The SMILES string of the molecule is CN(CC#CCN1CCCC1)C(=O)CCCNC(=O)CN.O=C(O)C(F)(F)F.O=C(O)C(F)(F)F. The molecule has 5 N–H and O–H groups in total. The van der Waals surface area contributed by atoms with Gasteiger partial charge in [0.05, 0.1) is 19.6 Å². The maximum absolute atomic E-state index is 11.8. The Bertz CT molecular complexity index is 719. The predicted octanol–water partition coefficient (Wildman–Crippen LogP) is 0.666. The van der Waals surface area contributed by atoms with Crippen LogP contribution in [0.3, 0.4) is 0 Å². The Balaban J connectivity index is 0. The molecule has 0 aromatic carbocycles. The topological polar surface area (TPSA) is 153 Å². The molecule has 10 nitrogen and oxygen atoms in total. The van der Waals surface area contributed by atoms with Gasteiger partial charge < -0.3 is 26.2 Å². The number of nitrogens with zero attached hydrogens (tertiary/aromatic N) is 2. The Morgan fingerprint density at radius 2 is 1.43 bits per heavy atom. The minimum Gasteiger partial charge on any atom is -0.475 e. The van der Waals surface area contributed by atoms with Crippen molar-refractivity contribution >= 4 is 23.8 Å². The van der Waals surface area contributed by atoms with Crippen molar-refractivity contribution in [1.29, 1.82) is 0 Å². The molecule has 0 unspecified atom stereocenters. The molecule has 16 heteroatoms. The Morgan fingerprint density at radius 1 is 0.971 bits per heavy atom. The number of likely N-dealkylation sites (tertiary alicyclic amines) is 1. The minimum absolute atomic E-state index is 0.0134. The first-order valence-corrected chi connectivity index (χ1v) is 10.0. The summed E-state index contributed by atoms with van der Waals surface area (Å²) in [4.78, 5) is 44.5. The summed E-state index contributed by atoms with van der Waals surface area (Å²) in [5.74, 6) is 0.496. The van der Waals surface area contributed by atoms with Gasteiger partial charge in [-0.05, 0) is 32.4 Å². The Morgan fingerprint density at radius 3 is 1.83 bits per heavy atom. The van der Waals surface area contributed by atoms with Gasteiger partial charge in [0, 0.05) is 20.0 Å². The number of amides is 2. The summed E-state index contributed by atoms with van der Waals surface area (Å²) in [5.41, 5.74) is 5.17. The van der Waals surface area contributed by atoms with Crippen molar-refractivity contribution in [3.05, 3.63) is 0 Å². The fourth-order valence-electron chi connectivity index (χ4n) is 2.10. The van der Waals surface area contributed by atoms with Crippen molar-refractivity contribution in [2.24, 2.45) is 5.73 Å². The molecule has 35 heavy (non-hydrogen) atoms. The number of hydrogen-bond acceptors (Lipinski definition) is 6. The highest BCUT2D eigenvalue weighted by Gasteiger charge is 2.38. The minimum atomic E-state index is -5.08. The summed E-state index contributed by atoms with van der Waals surface area (Å²) in [6.07, 6.45) is -6.60. The van der Waals surface area contributed by atoms with Crippen molar-refractivity contribution in [3.63, 3.8) is 0 Å². The van der Waals surface area contributed by atoms with Crippen LogP contribution in [0.15, 0.2) is 0 Å². The van der Waals surface area contributed by atoms with E-state index in [-0.39, 0.29) is 18.4 Å². The Kier molecular flexibility index (Phi) is 16.9. The number of aliphatic carboxylic acids is 2. The van der Waals surface area contributed by atoms with E-state index in [1.165, 1.54) is 12.8 Å². The zero-order valence-electron chi connectivity index (χ0n) is 18.8. The normalized spacial score (nSPS) is 13.1. The molecular formula is C19H28F6N4O6. The van der Waals surface area contributed by atoms with Gasteiger partial charge in [0.2, 0.25) is 11.8 Å². The summed E-state index contributed by atoms with van der Waals surface area (Å²) < 4.78 is 63.5. The second-order valence-corrected chi connectivity index (χ2v) is 6.85. The molecule has 202 valence electrons. The van der Waals surface area contributed by atoms with Crippen LogP contribution in [0.5, 0.6) is 0 Å². The number of hydrogen-bond donors (Lipinski definition) is 4. The highest BCUT2D eigenvalue weighted by atomic mass is 19.4. The van der Waals surface area contributed by atoms with E-state index in [1.807, 2.05) is 0 Å². The van der Waals surface area contributed by atoms with E-state index >= 15 is 0 Å². The predicted molar refractivity (Wildman–Crippen MR) is 110 cm³/mol. The zero-order valence-corrected chi connectivity index (χ0v) is 18.8. The lowest BCUT2D eigenvalue weighted by atomic mass is 10.2.